The molecule has 1 fully saturated rings. The van der Waals surface area contributed by atoms with Gasteiger partial charge >= 0.3 is 5.97 Å². The molecule has 2 aromatic rings. The maximum absolute atomic E-state index is 12.3. The van der Waals surface area contributed by atoms with E-state index in [0.717, 1.165) is 18.4 Å². The largest absolute Gasteiger partial charge is 0.477 e. The molecule has 0 radical (unpaired) electrons. The van der Waals surface area contributed by atoms with E-state index in [-0.39, 0.29) is 17.4 Å². The van der Waals surface area contributed by atoms with E-state index in [0.29, 0.717) is 5.92 Å². The zero-order valence-corrected chi connectivity index (χ0v) is 11.2. The zero-order chi connectivity index (χ0) is 14.8. The smallest absolute Gasteiger partial charge is 0.354 e. The summed E-state index contributed by atoms with van der Waals surface area (Å²) in [5, 5.41) is 11.9. The molecule has 1 aliphatic rings. The molecule has 1 unspecified atom stereocenters. The lowest BCUT2D eigenvalue weighted by Crippen LogP contribution is -2.31. The second kappa shape index (κ2) is 5.40. The topological polar surface area (TPSA) is 95.1 Å². The van der Waals surface area contributed by atoms with Gasteiger partial charge in [0.25, 0.3) is 5.91 Å². The molecule has 1 atom stereocenters. The van der Waals surface area contributed by atoms with Gasteiger partial charge in [-0.3, -0.25) is 4.79 Å². The summed E-state index contributed by atoms with van der Waals surface area (Å²) in [5.74, 6) is -1.25. The number of imidazole rings is 1. The Bertz CT molecular complexity index is 662. The summed E-state index contributed by atoms with van der Waals surface area (Å²) in [4.78, 5) is 29.6. The van der Waals surface area contributed by atoms with Crippen LogP contribution in [0.2, 0.25) is 0 Å². The van der Waals surface area contributed by atoms with Gasteiger partial charge in [-0.25, -0.2) is 9.78 Å². The SMILES string of the molecule is O=C(NC(c1ccccc1)C1CC1)c1nc[nH]c1C(=O)O. The molecule has 6 heteroatoms. The molecule has 1 aromatic heterocycles. The molecule has 21 heavy (non-hydrogen) atoms. The summed E-state index contributed by atoms with van der Waals surface area (Å²) >= 11 is 0. The van der Waals surface area contributed by atoms with E-state index in [2.05, 4.69) is 15.3 Å². The quantitative estimate of drug-likeness (QED) is 0.783. The molecule has 0 spiro atoms. The molecule has 0 saturated heterocycles. The molecule has 0 bridgehead atoms. The highest BCUT2D eigenvalue weighted by molar-refractivity contribution is 6.02. The van der Waals surface area contributed by atoms with Crippen molar-refractivity contribution in [3.63, 3.8) is 0 Å². The van der Waals surface area contributed by atoms with Crippen molar-refractivity contribution in [3.8, 4) is 0 Å². The summed E-state index contributed by atoms with van der Waals surface area (Å²) in [5.41, 5.74) is 0.764. The minimum atomic E-state index is -1.19. The summed E-state index contributed by atoms with van der Waals surface area (Å²) in [6.45, 7) is 0. The van der Waals surface area contributed by atoms with Crippen molar-refractivity contribution in [2.24, 2.45) is 5.92 Å². The molecular formula is C15H15N3O3. The van der Waals surface area contributed by atoms with E-state index in [9.17, 15) is 9.59 Å². The number of carboxylic acid groups (broad SMARTS) is 1. The van der Waals surface area contributed by atoms with Crippen LogP contribution in [-0.4, -0.2) is 27.0 Å². The predicted octanol–water partition coefficient (Wildman–Crippen LogP) is 1.99. The highest BCUT2D eigenvalue weighted by Gasteiger charge is 2.34. The number of benzene rings is 1. The van der Waals surface area contributed by atoms with Gasteiger partial charge < -0.3 is 15.4 Å². The van der Waals surface area contributed by atoms with Crippen LogP contribution >= 0.6 is 0 Å². The minimum absolute atomic E-state index is 0.0796. The number of carboxylic acids is 1. The average Bonchev–Trinajstić information content (AvgIpc) is 3.20. The first kappa shape index (κ1) is 13.4. The first-order valence-corrected chi connectivity index (χ1v) is 6.79. The maximum atomic E-state index is 12.3. The number of carbonyl (C=O) groups is 2. The van der Waals surface area contributed by atoms with Crippen molar-refractivity contribution in [1.29, 1.82) is 0 Å². The molecule has 1 aromatic carbocycles. The number of carbonyl (C=O) groups excluding carboxylic acids is 1. The number of amides is 1. The molecule has 3 rings (SSSR count). The first-order valence-electron chi connectivity index (χ1n) is 6.79. The van der Waals surface area contributed by atoms with E-state index < -0.39 is 11.9 Å². The maximum Gasteiger partial charge on any atom is 0.354 e. The van der Waals surface area contributed by atoms with Crippen molar-refractivity contribution in [2.75, 3.05) is 0 Å². The number of hydrogen-bond donors (Lipinski definition) is 3. The molecule has 6 nitrogen and oxygen atoms in total. The van der Waals surface area contributed by atoms with Crippen molar-refractivity contribution in [1.82, 2.24) is 15.3 Å². The van der Waals surface area contributed by atoms with Gasteiger partial charge in [-0.15, -0.1) is 0 Å². The molecule has 3 N–H and O–H groups in total. The molecule has 1 heterocycles. The van der Waals surface area contributed by atoms with E-state index in [1.807, 2.05) is 30.3 Å². The van der Waals surface area contributed by atoms with Crippen LogP contribution < -0.4 is 5.32 Å². The number of aromatic nitrogens is 2. The van der Waals surface area contributed by atoms with Gasteiger partial charge in [0.05, 0.1) is 12.4 Å². The lowest BCUT2D eigenvalue weighted by atomic mass is 10.0. The van der Waals surface area contributed by atoms with Gasteiger partial charge in [0.15, 0.2) is 11.4 Å². The van der Waals surface area contributed by atoms with Gasteiger partial charge in [0, 0.05) is 0 Å². The van der Waals surface area contributed by atoms with Gasteiger partial charge in [0.2, 0.25) is 0 Å². The summed E-state index contributed by atoms with van der Waals surface area (Å²) < 4.78 is 0. The fraction of sp³-hybridized carbons (Fsp3) is 0.267. The van der Waals surface area contributed by atoms with Crippen molar-refractivity contribution in [3.05, 3.63) is 53.6 Å². The van der Waals surface area contributed by atoms with Crippen LogP contribution in [0.1, 0.15) is 45.4 Å². The Morgan fingerprint density at radius 1 is 1.29 bits per heavy atom. The Morgan fingerprint density at radius 3 is 2.62 bits per heavy atom. The Hall–Kier alpha value is -2.63. The molecule has 108 valence electrons. The van der Waals surface area contributed by atoms with Crippen LogP contribution in [0, 0.1) is 5.92 Å². The number of aromatic carboxylic acids is 1. The van der Waals surface area contributed by atoms with E-state index in [1.54, 1.807) is 0 Å². The average molecular weight is 285 g/mol. The number of nitrogens with zero attached hydrogens (tertiary/aromatic N) is 1. The zero-order valence-electron chi connectivity index (χ0n) is 11.2. The number of nitrogens with one attached hydrogen (secondary N) is 2. The monoisotopic (exact) mass is 285 g/mol. The molecule has 1 amide bonds. The van der Waals surface area contributed by atoms with Crippen molar-refractivity contribution in [2.45, 2.75) is 18.9 Å². The van der Waals surface area contributed by atoms with Gasteiger partial charge in [-0.2, -0.15) is 0 Å². The summed E-state index contributed by atoms with van der Waals surface area (Å²) in [7, 11) is 0. The molecule has 0 aliphatic heterocycles. The highest BCUT2D eigenvalue weighted by Crippen LogP contribution is 2.41. The standard InChI is InChI=1S/C15H15N3O3/c19-14(12-13(15(20)21)17-8-16-12)18-11(10-6-7-10)9-4-2-1-3-5-9/h1-5,8,10-11H,6-7H2,(H,16,17)(H,18,19)(H,20,21). The van der Waals surface area contributed by atoms with E-state index in [4.69, 9.17) is 5.11 Å². The van der Waals surface area contributed by atoms with Gasteiger partial charge in [0.1, 0.15) is 0 Å². The first-order chi connectivity index (χ1) is 10.2. The van der Waals surface area contributed by atoms with Crippen LogP contribution in [0.5, 0.6) is 0 Å². The Morgan fingerprint density at radius 2 is 2.00 bits per heavy atom. The van der Waals surface area contributed by atoms with E-state index >= 15 is 0 Å². The number of hydrogen-bond acceptors (Lipinski definition) is 3. The van der Waals surface area contributed by atoms with Crippen LogP contribution in [0.4, 0.5) is 0 Å². The van der Waals surface area contributed by atoms with Gasteiger partial charge in [-0.1, -0.05) is 30.3 Å². The Kier molecular flexibility index (Phi) is 3.43. The predicted molar refractivity (Wildman–Crippen MR) is 74.9 cm³/mol. The lowest BCUT2D eigenvalue weighted by Gasteiger charge is -2.18. The number of H-pyrrole nitrogens is 1. The lowest BCUT2D eigenvalue weighted by molar-refractivity contribution is 0.0684. The minimum Gasteiger partial charge on any atom is -0.477 e. The van der Waals surface area contributed by atoms with Gasteiger partial charge in [-0.05, 0) is 24.3 Å². The third-order valence-corrected chi connectivity index (χ3v) is 3.61. The Balaban J connectivity index is 1.82. The highest BCUT2D eigenvalue weighted by atomic mass is 16.4. The van der Waals surface area contributed by atoms with E-state index in [1.165, 1.54) is 6.33 Å². The molecule has 1 aliphatic carbocycles. The second-order valence-electron chi connectivity index (χ2n) is 5.13. The summed E-state index contributed by atoms with van der Waals surface area (Å²) in [6, 6.07) is 9.60. The van der Waals surface area contributed by atoms with Crippen LogP contribution in [-0.2, 0) is 0 Å². The van der Waals surface area contributed by atoms with Crippen LogP contribution in [0.25, 0.3) is 0 Å². The fourth-order valence-electron chi connectivity index (χ4n) is 2.40. The number of aromatic amines is 1. The van der Waals surface area contributed by atoms with Crippen LogP contribution in [0.15, 0.2) is 36.7 Å². The molecule has 1 saturated carbocycles. The number of rotatable bonds is 5. The molecular weight excluding hydrogens is 270 g/mol. The second-order valence-corrected chi connectivity index (χ2v) is 5.13. The van der Waals surface area contributed by atoms with Crippen molar-refractivity contribution >= 4 is 11.9 Å². The van der Waals surface area contributed by atoms with Crippen LogP contribution in [0.3, 0.4) is 0 Å². The fourth-order valence-corrected chi connectivity index (χ4v) is 2.40. The normalized spacial score (nSPS) is 15.4. The third kappa shape index (κ3) is 2.79. The summed E-state index contributed by atoms with van der Waals surface area (Å²) in [6.07, 6.45) is 3.34. The van der Waals surface area contributed by atoms with Crippen molar-refractivity contribution < 1.29 is 14.7 Å². The third-order valence-electron chi connectivity index (χ3n) is 3.61. The Labute approximate surface area is 121 Å².